The van der Waals surface area contributed by atoms with Crippen LogP contribution in [-0.2, 0) is 17.5 Å². The van der Waals surface area contributed by atoms with Crippen LogP contribution >= 0.6 is 0 Å². The van der Waals surface area contributed by atoms with E-state index in [4.69, 9.17) is 9.84 Å². The Kier molecular flexibility index (Phi) is 4.61. The Morgan fingerprint density at radius 1 is 1.15 bits per heavy atom. The summed E-state index contributed by atoms with van der Waals surface area (Å²) in [6.07, 6.45) is -4.51. The first-order valence-corrected chi connectivity index (χ1v) is 7.69. The number of ketones is 1. The van der Waals surface area contributed by atoms with Crippen molar-refractivity contribution in [3.63, 3.8) is 0 Å². The number of alkyl halides is 3. The minimum Gasteiger partial charge on any atom is -0.497 e. The molecule has 2 aromatic carbocycles. The van der Waals surface area contributed by atoms with Crippen LogP contribution in [0.2, 0.25) is 0 Å². The molecule has 0 saturated heterocycles. The molecule has 0 spiro atoms. The number of methoxy groups -OCH3 is 1. The van der Waals surface area contributed by atoms with Gasteiger partial charge in [-0.25, -0.2) is 0 Å². The number of carboxylic acid groups (broad SMARTS) is 1. The van der Waals surface area contributed by atoms with E-state index in [-0.39, 0.29) is 11.3 Å². The smallest absolute Gasteiger partial charge is 0.416 e. The normalized spacial score (nSPS) is 11.6. The second-order valence-corrected chi connectivity index (χ2v) is 5.69. The highest BCUT2D eigenvalue weighted by molar-refractivity contribution is 6.15. The molecule has 0 bridgehead atoms. The van der Waals surface area contributed by atoms with Crippen LogP contribution in [0.4, 0.5) is 13.2 Å². The molecule has 9 heteroatoms. The first-order chi connectivity index (χ1) is 12.7. The number of hydrogen-bond donors (Lipinski definition) is 1. The maximum atomic E-state index is 12.8. The van der Waals surface area contributed by atoms with Crippen molar-refractivity contribution >= 4 is 22.7 Å². The van der Waals surface area contributed by atoms with Gasteiger partial charge in [0.25, 0.3) is 0 Å². The lowest BCUT2D eigenvalue weighted by Gasteiger charge is -2.06. The van der Waals surface area contributed by atoms with Crippen LogP contribution in [0.5, 0.6) is 5.75 Å². The number of fused-ring (bicyclic) bond motifs is 1. The third kappa shape index (κ3) is 3.62. The van der Waals surface area contributed by atoms with E-state index >= 15 is 0 Å². The van der Waals surface area contributed by atoms with Gasteiger partial charge in [-0.15, -0.1) is 0 Å². The Labute approximate surface area is 150 Å². The molecule has 0 amide bonds. The van der Waals surface area contributed by atoms with Gasteiger partial charge in [0.2, 0.25) is 5.78 Å². The average Bonchev–Trinajstić information content (AvgIpc) is 2.97. The van der Waals surface area contributed by atoms with E-state index in [0.717, 1.165) is 28.9 Å². The van der Waals surface area contributed by atoms with E-state index in [2.05, 4.69) is 5.10 Å². The van der Waals surface area contributed by atoms with Crippen LogP contribution in [0, 0.1) is 0 Å². The van der Waals surface area contributed by atoms with Gasteiger partial charge in [-0.1, -0.05) is 12.1 Å². The predicted molar refractivity (Wildman–Crippen MR) is 88.8 cm³/mol. The SMILES string of the molecule is COc1ccc2c(c1)c(C(=O)c1ccc(C(F)(F)F)cc1)nn2CC(=O)O. The lowest BCUT2D eigenvalue weighted by atomic mass is 10.0. The van der Waals surface area contributed by atoms with Crippen LogP contribution in [0.15, 0.2) is 42.5 Å². The standard InChI is InChI=1S/C18H13F3N2O4/c1-27-12-6-7-14-13(8-12)16(22-23(14)9-15(24)25)17(26)10-2-4-11(5-3-10)18(19,20)21/h2-8H,9H2,1H3,(H,24,25). The molecule has 1 aromatic heterocycles. The summed E-state index contributed by atoms with van der Waals surface area (Å²) in [6.45, 7) is -0.469. The van der Waals surface area contributed by atoms with E-state index in [9.17, 15) is 22.8 Å². The van der Waals surface area contributed by atoms with Crippen molar-refractivity contribution in [3.05, 3.63) is 59.3 Å². The molecule has 0 saturated carbocycles. The quantitative estimate of drug-likeness (QED) is 0.689. The number of benzene rings is 2. The highest BCUT2D eigenvalue weighted by Gasteiger charge is 2.30. The van der Waals surface area contributed by atoms with Gasteiger partial charge >= 0.3 is 12.1 Å². The molecule has 0 atom stereocenters. The first kappa shape index (κ1) is 18.4. The maximum absolute atomic E-state index is 12.8. The lowest BCUT2D eigenvalue weighted by molar-refractivity contribution is -0.138. The molecule has 0 radical (unpaired) electrons. The van der Waals surface area contributed by atoms with Crippen LogP contribution in [0.3, 0.4) is 0 Å². The Hall–Kier alpha value is -3.36. The van der Waals surface area contributed by atoms with Gasteiger partial charge in [0.05, 0.1) is 18.2 Å². The van der Waals surface area contributed by atoms with Crippen LogP contribution in [-0.4, -0.2) is 33.7 Å². The molecule has 1 N–H and O–H groups in total. The summed E-state index contributed by atoms with van der Waals surface area (Å²) in [5.41, 5.74) is -0.534. The van der Waals surface area contributed by atoms with Gasteiger partial charge in [-0.3, -0.25) is 14.3 Å². The molecule has 3 rings (SSSR count). The number of halogens is 3. The molecule has 0 aliphatic rings. The molecular formula is C18H13F3N2O4. The predicted octanol–water partition coefficient (Wildman–Crippen LogP) is 3.38. The van der Waals surface area contributed by atoms with Gasteiger partial charge in [0.15, 0.2) is 0 Å². The summed E-state index contributed by atoms with van der Waals surface area (Å²) in [7, 11) is 1.43. The van der Waals surface area contributed by atoms with Crippen molar-refractivity contribution in [2.24, 2.45) is 0 Å². The monoisotopic (exact) mass is 378 g/mol. The Balaban J connectivity index is 2.09. The molecule has 0 aliphatic carbocycles. The number of carbonyl (C=O) groups is 2. The number of rotatable bonds is 5. The molecule has 3 aromatic rings. The van der Waals surface area contributed by atoms with Crippen molar-refractivity contribution in [2.75, 3.05) is 7.11 Å². The van der Waals surface area contributed by atoms with E-state index in [0.29, 0.717) is 16.7 Å². The minimum absolute atomic E-state index is 0.00712. The summed E-state index contributed by atoms with van der Waals surface area (Å²) in [5.74, 6) is -1.34. The van der Waals surface area contributed by atoms with Crippen molar-refractivity contribution < 1.29 is 32.6 Å². The van der Waals surface area contributed by atoms with E-state index < -0.39 is 30.0 Å². The van der Waals surface area contributed by atoms with Crippen molar-refractivity contribution in [1.29, 1.82) is 0 Å². The number of carboxylic acids is 1. The average molecular weight is 378 g/mol. The summed E-state index contributed by atoms with van der Waals surface area (Å²) < 4.78 is 44.3. The van der Waals surface area contributed by atoms with Gasteiger partial charge in [0, 0.05) is 10.9 Å². The number of aliphatic carboxylic acids is 1. The fourth-order valence-corrected chi connectivity index (χ4v) is 2.65. The fraction of sp³-hybridized carbons (Fsp3) is 0.167. The zero-order chi connectivity index (χ0) is 19.8. The van der Waals surface area contributed by atoms with Gasteiger partial charge in [-0.2, -0.15) is 18.3 Å². The highest BCUT2D eigenvalue weighted by Crippen LogP contribution is 2.30. The van der Waals surface area contributed by atoms with Crippen LogP contribution in [0.25, 0.3) is 10.9 Å². The minimum atomic E-state index is -4.51. The summed E-state index contributed by atoms with van der Waals surface area (Å²) >= 11 is 0. The molecule has 0 aliphatic heterocycles. The molecule has 0 unspecified atom stereocenters. The zero-order valence-corrected chi connectivity index (χ0v) is 13.9. The van der Waals surface area contributed by atoms with Gasteiger partial charge in [-0.05, 0) is 30.3 Å². The third-order valence-corrected chi connectivity index (χ3v) is 3.93. The third-order valence-electron chi connectivity index (χ3n) is 3.93. The van der Waals surface area contributed by atoms with E-state index in [1.54, 1.807) is 12.1 Å². The van der Waals surface area contributed by atoms with Gasteiger partial charge < -0.3 is 9.84 Å². The second kappa shape index (κ2) is 6.75. The van der Waals surface area contributed by atoms with Crippen molar-refractivity contribution in [2.45, 2.75) is 12.7 Å². The highest BCUT2D eigenvalue weighted by atomic mass is 19.4. The summed E-state index contributed by atoms with van der Waals surface area (Å²) in [4.78, 5) is 23.8. The number of ether oxygens (including phenoxy) is 1. The topological polar surface area (TPSA) is 81.4 Å². The Morgan fingerprint density at radius 3 is 2.37 bits per heavy atom. The van der Waals surface area contributed by atoms with Crippen molar-refractivity contribution in [3.8, 4) is 5.75 Å². The van der Waals surface area contributed by atoms with Gasteiger partial charge in [0.1, 0.15) is 18.0 Å². The first-order valence-electron chi connectivity index (χ1n) is 7.69. The van der Waals surface area contributed by atoms with E-state index in [1.807, 2.05) is 0 Å². The van der Waals surface area contributed by atoms with E-state index in [1.165, 1.54) is 13.2 Å². The van der Waals surface area contributed by atoms with Crippen LogP contribution < -0.4 is 4.74 Å². The lowest BCUT2D eigenvalue weighted by Crippen LogP contribution is -2.11. The summed E-state index contributed by atoms with van der Waals surface area (Å²) in [6, 6.07) is 8.43. The molecule has 140 valence electrons. The van der Waals surface area contributed by atoms with Crippen molar-refractivity contribution in [1.82, 2.24) is 9.78 Å². The number of aromatic nitrogens is 2. The summed E-state index contributed by atoms with van der Waals surface area (Å²) in [5, 5.41) is 13.4. The fourth-order valence-electron chi connectivity index (χ4n) is 2.65. The number of carbonyl (C=O) groups excluding carboxylic acids is 1. The zero-order valence-electron chi connectivity index (χ0n) is 13.9. The van der Waals surface area contributed by atoms with Crippen LogP contribution in [0.1, 0.15) is 21.6 Å². The largest absolute Gasteiger partial charge is 0.497 e. The number of nitrogens with zero attached hydrogens (tertiary/aromatic N) is 2. The Bertz CT molecular complexity index is 1020. The molecule has 1 heterocycles. The molecule has 0 fully saturated rings. The number of hydrogen-bond acceptors (Lipinski definition) is 4. The molecular weight excluding hydrogens is 365 g/mol. The Morgan fingerprint density at radius 2 is 1.81 bits per heavy atom. The maximum Gasteiger partial charge on any atom is 0.416 e. The molecule has 27 heavy (non-hydrogen) atoms. The molecule has 6 nitrogen and oxygen atoms in total. The second-order valence-electron chi connectivity index (χ2n) is 5.69.